The molecular weight excluding hydrogens is 239 g/mol. The molecule has 1 aromatic rings. The predicted molar refractivity (Wildman–Crippen MR) is 60.5 cm³/mol. The highest BCUT2D eigenvalue weighted by Crippen LogP contribution is 2.36. The van der Waals surface area contributed by atoms with Gasteiger partial charge in [0.1, 0.15) is 0 Å². The zero-order chi connectivity index (χ0) is 11.6. The summed E-state index contributed by atoms with van der Waals surface area (Å²) in [6, 6.07) is 1.21. The van der Waals surface area contributed by atoms with Crippen LogP contribution in [0, 0.1) is 5.82 Å². The fourth-order valence-corrected chi connectivity index (χ4v) is 2.29. The Bertz CT molecular complexity index is 362. The van der Waals surface area contributed by atoms with Gasteiger partial charge in [0.05, 0.1) is 5.60 Å². The first-order valence-electron chi connectivity index (χ1n) is 4.03. The minimum absolute atomic E-state index is 0.115. The van der Waals surface area contributed by atoms with Crippen LogP contribution >= 0.6 is 23.3 Å². The van der Waals surface area contributed by atoms with E-state index < -0.39 is 11.4 Å². The summed E-state index contributed by atoms with van der Waals surface area (Å²) in [5, 5.41) is 9.76. The van der Waals surface area contributed by atoms with E-state index in [1.165, 1.54) is 6.07 Å². The summed E-state index contributed by atoms with van der Waals surface area (Å²) in [6.07, 6.45) is 0. The van der Waals surface area contributed by atoms with Crippen LogP contribution in [0.2, 0.25) is 0 Å². The van der Waals surface area contributed by atoms with Gasteiger partial charge in [-0.25, -0.2) is 14.6 Å². The van der Waals surface area contributed by atoms with Gasteiger partial charge in [-0.05, 0) is 19.9 Å². The van der Waals surface area contributed by atoms with Crippen molar-refractivity contribution in [3.63, 3.8) is 0 Å². The van der Waals surface area contributed by atoms with Gasteiger partial charge in [-0.3, -0.25) is 4.79 Å². The van der Waals surface area contributed by atoms with Gasteiger partial charge < -0.3 is 5.11 Å². The molecule has 1 rings (SSSR count). The Balaban J connectivity index is 3.01. The maximum Gasteiger partial charge on any atom is 0.197 e. The van der Waals surface area contributed by atoms with E-state index >= 15 is 0 Å². The standard InChI is InChI=1S/C8H11FN2O2S2/c1-8(2,13)6-3-5(9)7(15-6)11(10)14-4-12/h3-4,13H,10H2,1-2H3. The molecule has 0 unspecified atom stereocenters. The Morgan fingerprint density at radius 3 is 2.73 bits per heavy atom. The molecule has 15 heavy (non-hydrogen) atoms. The highest BCUT2D eigenvalue weighted by molar-refractivity contribution is 8.13. The van der Waals surface area contributed by atoms with Crippen molar-refractivity contribution >= 4 is 33.9 Å². The molecule has 0 aliphatic carbocycles. The van der Waals surface area contributed by atoms with Crippen LogP contribution in [0.15, 0.2) is 6.07 Å². The molecule has 0 atom stereocenters. The van der Waals surface area contributed by atoms with Crippen LogP contribution in [-0.4, -0.2) is 10.7 Å². The molecule has 0 amide bonds. The Hall–Kier alpha value is -0.630. The van der Waals surface area contributed by atoms with E-state index in [0.717, 1.165) is 15.8 Å². The number of nitrogens with two attached hydrogens (primary N) is 1. The number of hydrogen-bond donors (Lipinski definition) is 2. The van der Waals surface area contributed by atoms with Crippen molar-refractivity contribution < 1.29 is 14.3 Å². The Morgan fingerprint density at radius 2 is 2.33 bits per heavy atom. The number of hydrogen-bond acceptors (Lipinski definition) is 6. The van der Waals surface area contributed by atoms with E-state index in [9.17, 15) is 14.3 Å². The number of halogens is 1. The highest BCUT2D eigenvalue weighted by atomic mass is 32.2. The van der Waals surface area contributed by atoms with Crippen LogP contribution in [0.1, 0.15) is 18.7 Å². The van der Waals surface area contributed by atoms with Crippen molar-refractivity contribution in [1.29, 1.82) is 0 Å². The van der Waals surface area contributed by atoms with Gasteiger partial charge in [-0.15, -0.1) is 11.3 Å². The van der Waals surface area contributed by atoms with E-state index in [-0.39, 0.29) is 5.00 Å². The molecule has 0 aliphatic rings. The summed E-state index contributed by atoms with van der Waals surface area (Å²) in [5.74, 6) is 4.87. The molecular formula is C8H11FN2O2S2. The van der Waals surface area contributed by atoms with Gasteiger partial charge >= 0.3 is 0 Å². The van der Waals surface area contributed by atoms with Crippen molar-refractivity contribution in [2.75, 3.05) is 4.41 Å². The SMILES string of the molecule is CC(C)(O)c1cc(F)c(N(N)SC=O)s1. The lowest BCUT2D eigenvalue weighted by molar-refractivity contribution is 0.0823. The fourth-order valence-electron chi connectivity index (χ4n) is 0.905. The van der Waals surface area contributed by atoms with Gasteiger partial charge in [0, 0.05) is 16.8 Å². The Labute approximate surface area is 95.0 Å². The first kappa shape index (κ1) is 12.4. The molecule has 0 bridgehead atoms. The first-order valence-corrected chi connectivity index (χ1v) is 5.69. The molecule has 0 aromatic carbocycles. The van der Waals surface area contributed by atoms with Crippen LogP contribution in [0.3, 0.4) is 0 Å². The third-order valence-corrected chi connectivity index (χ3v) is 3.66. The summed E-state index contributed by atoms with van der Waals surface area (Å²) >= 11 is 1.65. The zero-order valence-electron chi connectivity index (χ0n) is 8.23. The summed E-state index contributed by atoms with van der Waals surface area (Å²) in [7, 11) is 0. The maximum absolute atomic E-state index is 13.4. The second-order valence-electron chi connectivity index (χ2n) is 3.35. The third-order valence-electron chi connectivity index (χ3n) is 1.63. The number of carbonyl (C=O) groups is 1. The average Bonchev–Trinajstić information content (AvgIpc) is 2.47. The average molecular weight is 250 g/mol. The zero-order valence-corrected chi connectivity index (χ0v) is 9.86. The minimum atomic E-state index is -1.11. The normalized spacial score (nSPS) is 11.5. The topological polar surface area (TPSA) is 66.6 Å². The van der Waals surface area contributed by atoms with Crippen molar-refractivity contribution in [3.05, 3.63) is 16.8 Å². The monoisotopic (exact) mass is 250 g/mol. The number of nitrogens with zero attached hydrogens (tertiary/aromatic N) is 1. The lowest BCUT2D eigenvalue weighted by atomic mass is 10.1. The summed E-state index contributed by atoms with van der Waals surface area (Å²) in [4.78, 5) is 10.6. The van der Waals surface area contributed by atoms with Crippen LogP contribution in [-0.2, 0) is 10.4 Å². The third kappa shape index (κ3) is 2.91. The maximum atomic E-state index is 13.4. The predicted octanol–water partition coefficient (Wildman–Crippen LogP) is 1.63. The molecule has 1 aromatic heterocycles. The second kappa shape index (κ2) is 4.48. The molecule has 0 radical (unpaired) electrons. The number of rotatable bonds is 4. The quantitative estimate of drug-likeness (QED) is 0.368. The van der Waals surface area contributed by atoms with Crippen LogP contribution in [0.4, 0.5) is 9.39 Å². The van der Waals surface area contributed by atoms with Crippen molar-refractivity contribution in [3.8, 4) is 0 Å². The number of thiophene rings is 1. The molecule has 0 spiro atoms. The lowest BCUT2D eigenvalue weighted by Gasteiger charge is -2.14. The molecule has 0 saturated heterocycles. The Kier molecular flexibility index (Phi) is 3.72. The van der Waals surface area contributed by atoms with Crippen molar-refractivity contribution in [2.45, 2.75) is 19.4 Å². The van der Waals surface area contributed by atoms with Crippen LogP contribution in [0.5, 0.6) is 0 Å². The van der Waals surface area contributed by atoms with E-state index in [4.69, 9.17) is 5.84 Å². The largest absolute Gasteiger partial charge is 0.385 e. The second-order valence-corrected chi connectivity index (χ2v) is 5.18. The van der Waals surface area contributed by atoms with Crippen molar-refractivity contribution in [2.24, 2.45) is 5.84 Å². The minimum Gasteiger partial charge on any atom is -0.385 e. The molecule has 1 heterocycles. The van der Waals surface area contributed by atoms with Gasteiger partial charge in [0.25, 0.3) is 0 Å². The number of carbonyl (C=O) groups excluding carboxylic acids is 1. The molecule has 4 nitrogen and oxygen atoms in total. The lowest BCUT2D eigenvalue weighted by Crippen LogP contribution is -2.22. The van der Waals surface area contributed by atoms with Gasteiger partial charge in [-0.2, -0.15) is 0 Å². The molecule has 0 fully saturated rings. The summed E-state index contributed by atoms with van der Waals surface area (Å²) in [6.45, 7) is 3.10. The Morgan fingerprint density at radius 1 is 1.73 bits per heavy atom. The van der Waals surface area contributed by atoms with Gasteiger partial charge in [-0.1, -0.05) is 0 Å². The summed E-state index contributed by atoms with van der Waals surface area (Å²) < 4.78 is 14.3. The molecule has 7 heteroatoms. The number of aliphatic hydroxyl groups is 1. The smallest absolute Gasteiger partial charge is 0.197 e. The highest BCUT2D eigenvalue weighted by Gasteiger charge is 2.23. The van der Waals surface area contributed by atoms with E-state index in [0.29, 0.717) is 22.4 Å². The van der Waals surface area contributed by atoms with E-state index in [1.807, 2.05) is 0 Å². The van der Waals surface area contributed by atoms with Crippen LogP contribution < -0.4 is 10.3 Å². The van der Waals surface area contributed by atoms with Gasteiger partial charge in [0.15, 0.2) is 16.4 Å². The number of anilines is 1. The molecule has 3 N–H and O–H groups in total. The van der Waals surface area contributed by atoms with Gasteiger partial charge in [0.2, 0.25) is 0 Å². The molecule has 84 valence electrons. The van der Waals surface area contributed by atoms with Crippen LogP contribution in [0.25, 0.3) is 0 Å². The van der Waals surface area contributed by atoms with E-state index in [2.05, 4.69) is 0 Å². The summed E-state index contributed by atoms with van der Waals surface area (Å²) in [5.41, 5.74) is -0.612. The fraction of sp³-hybridized carbons (Fsp3) is 0.375. The van der Waals surface area contributed by atoms with Crippen molar-refractivity contribution in [1.82, 2.24) is 0 Å². The number of hydrazine groups is 1. The molecule has 0 aliphatic heterocycles. The first-order chi connectivity index (χ1) is 6.86. The molecule has 0 saturated carbocycles. The van der Waals surface area contributed by atoms with E-state index in [1.54, 1.807) is 13.8 Å².